The number of nitrogens with zero attached hydrogens (tertiary/aromatic N) is 6. The summed E-state index contributed by atoms with van der Waals surface area (Å²) in [5.74, 6) is 0.612. The van der Waals surface area contributed by atoms with E-state index in [9.17, 15) is 13.2 Å². The third kappa shape index (κ3) is 3.32. The van der Waals surface area contributed by atoms with Gasteiger partial charge < -0.3 is 13.9 Å². The summed E-state index contributed by atoms with van der Waals surface area (Å²) in [6.07, 6.45) is -4.60. The van der Waals surface area contributed by atoms with E-state index < -0.39 is 12.1 Å². The van der Waals surface area contributed by atoms with Gasteiger partial charge in [-0.3, -0.25) is 4.90 Å². The maximum atomic E-state index is 12.6. The molecule has 2 aliphatic heterocycles. The molecule has 160 valence electrons. The lowest BCUT2D eigenvalue weighted by molar-refractivity contribution is -0.157. The van der Waals surface area contributed by atoms with Gasteiger partial charge in [0, 0.05) is 32.2 Å². The molecule has 2 aromatic heterocycles. The molecule has 0 aliphatic carbocycles. The van der Waals surface area contributed by atoms with Crippen molar-refractivity contribution in [3.05, 3.63) is 36.0 Å². The number of para-hydroxylation sites is 2. The highest BCUT2D eigenvalue weighted by atomic mass is 19.4. The summed E-state index contributed by atoms with van der Waals surface area (Å²) in [5, 5.41) is 6.67. The minimum Gasteiger partial charge on any atom is -0.416 e. The third-order valence-electron chi connectivity index (χ3n) is 6.01. The first-order valence-electron chi connectivity index (χ1n) is 10.1. The number of anilines is 1. The van der Waals surface area contributed by atoms with Crippen LogP contribution in [0.1, 0.15) is 31.7 Å². The van der Waals surface area contributed by atoms with Gasteiger partial charge in [-0.1, -0.05) is 12.1 Å². The molecule has 2 aliphatic rings. The third-order valence-corrected chi connectivity index (χ3v) is 6.01. The number of fused-ring (bicyclic) bond motifs is 2. The fourth-order valence-corrected chi connectivity index (χ4v) is 4.77. The van der Waals surface area contributed by atoms with E-state index in [0.717, 1.165) is 43.2 Å². The van der Waals surface area contributed by atoms with E-state index in [4.69, 9.17) is 9.40 Å². The topological polar surface area (TPSA) is 63.2 Å². The molecule has 1 aromatic carbocycles. The zero-order chi connectivity index (χ0) is 21.0. The second kappa shape index (κ2) is 6.97. The molecule has 0 radical (unpaired) electrons. The Bertz CT molecular complexity index is 1040. The van der Waals surface area contributed by atoms with Crippen molar-refractivity contribution in [1.29, 1.82) is 0 Å². The van der Waals surface area contributed by atoms with E-state index >= 15 is 0 Å². The lowest BCUT2D eigenvalue weighted by Gasteiger charge is -2.24. The SMILES string of the molecule is CC(C)n1c(N2CC3CN(Cc4nnc(C(F)(F)F)o4)CC3C2)nc2ccccc21. The van der Waals surface area contributed by atoms with E-state index in [1.807, 2.05) is 18.2 Å². The van der Waals surface area contributed by atoms with Crippen LogP contribution in [0, 0.1) is 11.8 Å². The molecule has 5 rings (SSSR count). The molecule has 30 heavy (non-hydrogen) atoms. The van der Waals surface area contributed by atoms with Crippen molar-refractivity contribution in [3.8, 4) is 0 Å². The summed E-state index contributed by atoms with van der Waals surface area (Å²) >= 11 is 0. The number of rotatable bonds is 4. The molecular weight excluding hydrogens is 397 g/mol. The van der Waals surface area contributed by atoms with E-state index in [2.05, 4.69) is 44.5 Å². The summed E-state index contributed by atoms with van der Waals surface area (Å²) in [4.78, 5) is 9.34. The Morgan fingerprint density at radius 2 is 1.77 bits per heavy atom. The van der Waals surface area contributed by atoms with Crippen molar-refractivity contribution in [2.45, 2.75) is 32.6 Å². The molecule has 10 heteroatoms. The molecule has 0 spiro atoms. The van der Waals surface area contributed by atoms with Crippen LogP contribution in [-0.4, -0.2) is 50.8 Å². The molecule has 3 aromatic rings. The van der Waals surface area contributed by atoms with Gasteiger partial charge in [0.1, 0.15) is 0 Å². The predicted molar refractivity (Wildman–Crippen MR) is 104 cm³/mol. The molecule has 4 heterocycles. The van der Waals surface area contributed by atoms with Crippen LogP contribution in [0.2, 0.25) is 0 Å². The number of imidazole rings is 1. The van der Waals surface area contributed by atoms with Crippen molar-refractivity contribution in [1.82, 2.24) is 24.6 Å². The maximum Gasteiger partial charge on any atom is 0.470 e. The molecule has 2 saturated heterocycles. The second-order valence-electron chi connectivity index (χ2n) is 8.48. The van der Waals surface area contributed by atoms with Crippen LogP contribution < -0.4 is 4.90 Å². The number of likely N-dealkylation sites (tertiary alicyclic amines) is 1. The number of hydrogen-bond donors (Lipinski definition) is 0. The number of hydrogen-bond acceptors (Lipinski definition) is 6. The van der Waals surface area contributed by atoms with E-state index in [1.54, 1.807) is 0 Å². The largest absolute Gasteiger partial charge is 0.470 e. The Labute approximate surface area is 171 Å². The Morgan fingerprint density at radius 1 is 1.07 bits per heavy atom. The number of aromatic nitrogens is 4. The molecule has 2 atom stereocenters. The normalized spacial score (nSPS) is 22.5. The van der Waals surface area contributed by atoms with Crippen molar-refractivity contribution in [2.75, 3.05) is 31.1 Å². The average Bonchev–Trinajstić information content (AvgIpc) is 3.41. The Hall–Kier alpha value is -2.62. The number of benzene rings is 1. The average molecular weight is 420 g/mol. The number of alkyl halides is 3. The minimum absolute atomic E-state index is 0.0146. The monoisotopic (exact) mass is 420 g/mol. The van der Waals surface area contributed by atoms with Gasteiger partial charge in [0.05, 0.1) is 17.6 Å². The van der Waals surface area contributed by atoms with E-state index in [-0.39, 0.29) is 12.4 Å². The molecule has 0 amide bonds. The van der Waals surface area contributed by atoms with E-state index in [1.165, 1.54) is 0 Å². The fourth-order valence-electron chi connectivity index (χ4n) is 4.77. The standard InChI is InChI=1S/C20H23F3N6O/c1-12(2)29-16-6-4-3-5-15(16)24-19(29)28-9-13-7-27(8-14(13)10-28)11-17-25-26-18(30-17)20(21,22)23/h3-6,12-14H,7-11H2,1-2H3. The molecule has 7 nitrogen and oxygen atoms in total. The molecular formula is C20H23F3N6O. The highest BCUT2D eigenvalue weighted by Gasteiger charge is 2.42. The lowest BCUT2D eigenvalue weighted by Crippen LogP contribution is -2.30. The predicted octanol–water partition coefficient (Wildman–Crippen LogP) is 3.59. The van der Waals surface area contributed by atoms with Crippen molar-refractivity contribution in [2.24, 2.45) is 11.8 Å². The first-order chi connectivity index (χ1) is 14.3. The van der Waals surface area contributed by atoms with Gasteiger partial charge in [-0.25, -0.2) is 4.98 Å². The Kier molecular flexibility index (Phi) is 4.49. The van der Waals surface area contributed by atoms with Gasteiger partial charge in [-0.2, -0.15) is 13.2 Å². The quantitative estimate of drug-likeness (QED) is 0.643. The van der Waals surface area contributed by atoms with Gasteiger partial charge in [0.2, 0.25) is 11.8 Å². The summed E-state index contributed by atoms with van der Waals surface area (Å²) in [6.45, 7) is 7.94. The van der Waals surface area contributed by atoms with Crippen LogP contribution in [0.15, 0.2) is 28.7 Å². The van der Waals surface area contributed by atoms with Crippen LogP contribution in [0.5, 0.6) is 0 Å². The van der Waals surface area contributed by atoms with E-state index in [0.29, 0.717) is 17.9 Å². The van der Waals surface area contributed by atoms with Crippen LogP contribution >= 0.6 is 0 Å². The maximum absolute atomic E-state index is 12.6. The Balaban J connectivity index is 1.28. The zero-order valence-corrected chi connectivity index (χ0v) is 16.8. The smallest absolute Gasteiger partial charge is 0.416 e. The molecule has 0 saturated carbocycles. The zero-order valence-electron chi connectivity index (χ0n) is 16.8. The summed E-state index contributed by atoms with van der Waals surface area (Å²) in [5.41, 5.74) is 2.13. The number of halogens is 3. The summed E-state index contributed by atoms with van der Waals surface area (Å²) in [7, 11) is 0. The van der Waals surface area contributed by atoms with Gasteiger partial charge in [-0.15, -0.1) is 10.2 Å². The van der Waals surface area contributed by atoms with Crippen molar-refractivity contribution < 1.29 is 17.6 Å². The molecule has 2 unspecified atom stereocenters. The van der Waals surface area contributed by atoms with Gasteiger partial charge in [-0.05, 0) is 37.8 Å². The summed E-state index contributed by atoms with van der Waals surface area (Å²) in [6, 6.07) is 8.47. The van der Waals surface area contributed by atoms with Crippen molar-refractivity contribution >= 4 is 17.0 Å². The van der Waals surface area contributed by atoms with Crippen LogP contribution in [0.25, 0.3) is 11.0 Å². The highest BCUT2D eigenvalue weighted by Crippen LogP contribution is 2.36. The molecule has 0 bridgehead atoms. The molecule has 2 fully saturated rings. The lowest BCUT2D eigenvalue weighted by atomic mass is 10.0. The minimum atomic E-state index is -4.60. The van der Waals surface area contributed by atoms with Crippen LogP contribution in [0.3, 0.4) is 0 Å². The summed E-state index contributed by atoms with van der Waals surface area (Å²) < 4.78 is 45.0. The highest BCUT2D eigenvalue weighted by molar-refractivity contribution is 5.79. The van der Waals surface area contributed by atoms with Gasteiger partial charge in [0.25, 0.3) is 0 Å². The first kappa shape index (κ1) is 19.3. The van der Waals surface area contributed by atoms with Gasteiger partial charge in [0.15, 0.2) is 0 Å². The van der Waals surface area contributed by atoms with Crippen LogP contribution in [0.4, 0.5) is 19.1 Å². The Morgan fingerprint density at radius 3 is 2.40 bits per heavy atom. The van der Waals surface area contributed by atoms with Crippen molar-refractivity contribution in [3.63, 3.8) is 0 Å². The van der Waals surface area contributed by atoms with Gasteiger partial charge >= 0.3 is 12.1 Å². The van der Waals surface area contributed by atoms with Crippen LogP contribution in [-0.2, 0) is 12.7 Å². The molecule has 0 N–H and O–H groups in total. The fraction of sp³-hybridized carbons (Fsp3) is 0.550. The first-order valence-corrected chi connectivity index (χ1v) is 10.1. The second-order valence-corrected chi connectivity index (χ2v) is 8.48.